The van der Waals surface area contributed by atoms with Crippen LogP contribution in [0.1, 0.15) is 26.7 Å². The van der Waals surface area contributed by atoms with Crippen molar-refractivity contribution in [2.24, 2.45) is 5.92 Å². The molecule has 0 radical (unpaired) electrons. The molecule has 72 valence electrons. The second kappa shape index (κ2) is 3.78. The van der Waals surface area contributed by atoms with Gasteiger partial charge in [0.15, 0.2) is 0 Å². The SMILES string of the molecule is CC(C)(CF)OC(=O)C#CC1CC1. The van der Waals surface area contributed by atoms with E-state index in [4.69, 9.17) is 4.74 Å². The lowest BCUT2D eigenvalue weighted by Crippen LogP contribution is -2.29. The van der Waals surface area contributed by atoms with Crippen molar-refractivity contribution in [1.29, 1.82) is 0 Å². The number of carbonyl (C=O) groups excluding carboxylic acids is 1. The number of alkyl halides is 1. The Morgan fingerprint density at radius 2 is 2.23 bits per heavy atom. The van der Waals surface area contributed by atoms with Gasteiger partial charge in [-0.25, -0.2) is 9.18 Å². The third-order valence-electron chi connectivity index (χ3n) is 1.65. The highest BCUT2D eigenvalue weighted by molar-refractivity contribution is 5.88. The summed E-state index contributed by atoms with van der Waals surface area (Å²) in [4.78, 5) is 11.0. The van der Waals surface area contributed by atoms with Gasteiger partial charge in [0.1, 0.15) is 12.3 Å². The maximum atomic E-state index is 12.2. The zero-order valence-electron chi connectivity index (χ0n) is 7.89. The molecule has 0 amide bonds. The number of rotatable bonds is 2. The molecule has 0 aromatic heterocycles. The van der Waals surface area contributed by atoms with E-state index >= 15 is 0 Å². The van der Waals surface area contributed by atoms with E-state index in [-0.39, 0.29) is 0 Å². The summed E-state index contributed by atoms with van der Waals surface area (Å²) in [7, 11) is 0. The first-order valence-electron chi connectivity index (χ1n) is 4.34. The first-order chi connectivity index (χ1) is 6.03. The maximum Gasteiger partial charge on any atom is 0.384 e. The Labute approximate surface area is 77.5 Å². The fraction of sp³-hybridized carbons (Fsp3) is 0.700. The molecule has 13 heavy (non-hydrogen) atoms. The van der Waals surface area contributed by atoms with Crippen LogP contribution in [-0.2, 0) is 9.53 Å². The lowest BCUT2D eigenvalue weighted by atomic mass is 10.2. The van der Waals surface area contributed by atoms with Crippen molar-refractivity contribution in [3.05, 3.63) is 0 Å². The average Bonchev–Trinajstić information content (AvgIpc) is 2.83. The number of halogens is 1. The molecule has 0 aliphatic heterocycles. The molecular weight excluding hydrogens is 171 g/mol. The summed E-state index contributed by atoms with van der Waals surface area (Å²) in [6.45, 7) is 2.34. The molecule has 0 saturated heterocycles. The van der Waals surface area contributed by atoms with Gasteiger partial charge in [0, 0.05) is 11.8 Å². The van der Waals surface area contributed by atoms with E-state index in [1.54, 1.807) is 0 Å². The summed E-state index contributed by atoms with van der Waals surface area (Å²) < 4.78 is 17.0. The van der Waals surface area contributed by atoms with E-state index in [2.05, 4.69) is 11.8 Å². The molecular formula is C10H13FO2. The van der Waals surface area contributed by atoms with Gasteiger partial charge in [-0.05, 0) is 26.7 Å². The third kappa shape index (κ3) is 3.93. The molecule has 1 rings (SSSR count). The Kier molecular flexibility index (Phi) is 2.92. The largest absolute Gasteiger partial charge is 0.447 e. The van der Waals surface area contributed by atoms with Crippen molar-refractivity contribution in [1.82, 2.24) is 0 Å². The number of esters is 1. The van der Waals surface area contributed by atoms with E-state index in [0.717, 1.165) is 12.8 Å². The van der Waals surface area contributed by atoms with Crippen molar-refractivity contribution in [3.63, 3.8) is 0 Å². The molecule has 0 aromatic rings. The Bertz CT molecular complexity index is 256. The quantitative estimate of drug-likeness (QED) is 0.371. The summed E-state index contributed by atoms with van der Waals surface area (Å²) in [5.41, 5.74) is -1.05. The Morgan fingerprint density at radius 3 is 2.69 bits per heavy atom. The average molecular weight is 184 g/mol. The molecule has 1 aliphatic rings. The summed E-state index contributed by atoms with van der Waals surface area (Å²) in [5, 5.41) is 0. The highest BCUT2D eigenvalue weighted by Gasteiger charge is 2.22. The second-order valence-corrected chi connectivity index (χ2v) is 3.83. The molecule has 0 heterocycles. The van der Waals surface area contributed by atoms with Crippen molar-refractivity contribution in [3.8, 4) is 11.8 Å². The molecule has 2 nitrogen and oxygen atoms in total. The van der Waals surface area contributed by atoms with Gasteiger partial charge >= 0.3 is 5.97 Å². The Hall–Kier alpha value is -1.04. The highest BCUT2D eigenvalue weighted by Crippen LogP contribution is 2.27. The minimum absolute atomic E-state index is 0.362. The number of carbonyl (C=O) groups is 1. The molecule has 0 unspecified atom stereocenters. The standard InChI is InChI=1S/C10H13FO2/c1-10(2,7-11)13-9(12)6-5-8-3-4-8/h8H,3-4,7H2,1-2H3. The van der Waals surface area contributed by atoms with Gasteiger partial charge in [-0.1, -0.05) is 5.92 Å². The van der Waals surface area contributed by atoms with Gasteiger partial charge in [0.25, 0.3) is 0 Å². The van der Waals surface area contributed by atoms with Gasteiger partial charge < -0.3 is 4.74 Å². The van der Waals surface area contributed by atoms with Crippen LogP contribution in [-0.4, -0.2) is 18.2 Å². The summed E-state index contributed by atoms with van der Waals surface area (Å²) in [6, 6.07) is 0. The lowest BCUT2D eigenvalue weighted by Gasteiger charge is -2.19. The Morgan fingerprint density at radius 1 is 1.62 bits per heavy atom. The zero-order valence-corrected chi connectivity index (χ0v) is 7.89. The van der Waals surface area contributed by atoms with Crippen LogP contribution in [0.2, 0.25) is 0 Å². The van der Waals surface area contributed by atoms with E-state index in [9.17, 15) is 9.18 Å². The molecule has 0 aromatic carbocycles. The van der Waals surface area contributed by atoms with Gasteiger partial charge in [0.2, 0.25) is 0 Å². The van der Waals surface area contributed by atoms with Crippen LogP contribution in [0.25, 0.3) is 0 Å². The normalized spacial score (nSPS) is 15.9. The molecule has 0 bridgehead atoms. The molecule has 1 saturated carbocycles. The van der Waals surface area contributed by atoms with Crippen LogP contribution in [0.3, 0.4) is 0 Å². The summed E-state index contributed by atoms with van der Waals surface area (Å²) in [6.07, 6.45) is 2.12. The maximum absolute atomic E-state index is 12.2. The number of ether oxygens (including phenoxy) is 1. The predicted octanol–water partition coefficient (Wildman–Crippen LogP) is 1.69. The van der Waals surface area contributed by atoms with E-state index in [0.29, 0.717) is 5.92 Å². The summed E-state index contributed by atoms with van der Waals surface area (Å²) >= 11 is 0. The van der Waals surface area contributed by atoms with Crippen LogP contribution in [0, 0.1) is 17.8 Å². The molecule has 1 aliphatic carbocycles. The highest BCUT2D eigenvalue weighted by atomic mass is 19.1. The van der Waals surface area contributed by atoms with E-state index in [1.807, 2.05) is 0 Å². The fourth-order valence-electron chi connectivity index (χ4n) is 0.692. The Balaban J connectivity index is 2.36. The summed E-state index contributed by atoms with van der Waals surface area (Å²) in [5.74, 6) is 4.85. The van der Waals surface area contributed by atoms with Crippen LogP contribution in [0.4, 0.5) is 4.39 Å². The van der Waals surface area contributed by atoms with Crippen LogP contribution >= 0.6 is 0 Å². The second-order valence-electron chi connectivity index (χ2n) is 3.83. The minimum atomic E-state index is -1.05. The van der Waals surface area contributed by atoms with Gasteiger partial charge in [-0.15, -0.1) is 0 Å². The van der Waals surface area contributed by atoms with Gasteiger partial charge in [-0.2, -0.15) is 0 Å². The van der Waals surface area contributed by atoms with Crippen molar-refractivity contribution < 1.29 is 13.9 Å². The van der Waals surface area contributed by atoms with Crippen molar-refractivity contribution in [2.75, 3.05) is 6.67 Å². The molecule has 0 spiro atoms. The monoisotopic (exact) mass is 184 g/mol. The first-order valence-corrected chi connectivity index (χ1v) is 4.34. The van der Waals surface area contributed by atoms with Crippen molar-refractivity contribution in [2.45, 2.75) is 32.3 Å². The molecule has 1 fully saturated rings. The topological polar surface area (TPSA) is 26.3 Å². The third-order valence-corrected chi connectivity index (χ3v) is 1.65. The lowest BCUT2D eigenvalue weighted by molar-refractivity contribution is -0.150. The minimum Gasteiger partial charge on any atom is -0.447 e. The van der Waals surface area contributed by atoms with E-state index < -0.39 is 18.2 Å². The van der Waals surface area contributed by atoms with Gasteiger partial charge in [-0.3, -0.25) is 0 Å². The molecule has 3 heteroatoms. The number of hydrogen-bond donors (Lipinski definition) is 0. The van der Waals surface area contributed by atoms with Gasteiger partial charge in [0.05, 0.1) is 0 Å². The van der Waals surface area contributed by atoms with Crippen LogP contribution in [0.5, 0.6) is 0 Å². The number of hydrogen-bond acceptors (Lipinski definition) is 2. The molecule has 0 N–H and O–H groups in total. The zero-order chi connectivity index (χ0) is 9.90. The fourth-order valence-corrected chi connectivity index (χ4v) is 0.692. The van der Waals surface area contributed by atoms with Crippen LogP contribution in [0.15, 0.2) is 0 Å². The molecule has 0 atom stereocenters. The van der Waals surface area contributed by atoms with Crippen molar-refractivity contribution >= 4 is 5.97 Å². The first kappa shape index (κ1) is 10.0. The van der Waals surface area contributed by atoms with E-state index in [1.165, 1.54) is 13.8 Å². The smallest absolute Gasteiger partial charge is 0.384 e. The van der Waals surface area contributed by atoms with Crippen LogP contribution < -0.4 is 0 Å². The predicted molar refractivity (Wildman–Crippen MR) is 46.6 cm³/mol.